The average Bonchev–Trinajstić information content (AvgIpc) is 2.69. The minimum atomic E-state index is -0.313. The molecule has 2 aromatic rings. The number of nitrogens with zero attached hydrogens (tertiary/aromatic N) is 1. The number of anilines is 2. The van der Waals surface area contributed by atoms with Gasteiger partial charge < -0.3 is 19.5 Å². The molecule has 0 aliphatic carbocycles. The van der Waals surface area contributed by atoms with Crippen LogP contribution in [0.3, 0.4) is 0 Å². The van der Waals surface area contributed by atoms with Gasteiger partial charge in [-0.3, -0.25) is 14.5 Å². The van der Waals surface area contributed by atoms with Crippen molar-refractivity contribution in [3.63, 3.8) is 0 Å². The fraction of sp³-hybridized carbons (Fsp3) is 0.333. The maximum Gasteiger partial charge on any atom is 0.259 e. The predicted octanol–water partition coefficient (Wildman–Crippen LogP) is 3.48. The van der Waals surface area contributed by atoms with Gasteiger partial charge in [-0.2, -0.15) is 0 Å². The molecule has 7 heteroatoms. The molecule has 0 saturated heterocycles. The van der Waals surface area contributed by atoms with Crippen molar-refractivity contribution >= 4 is 23.2 Å². The fourth-order valence-electron chi connectivity index (χ4n) is 3.08. The molecule has 1 N–H and O–H groups in total. The molecule has 0 spiro atoms. The highest BCUT2D eigenvalue weighted by molar-refractivity contribution is 6.15. The van der Waals surface area contributed by atoms with E-state index < -0.39 is 0 Å². The third-order valence-corrected chi connectivity index (χ3v) is 4.17. The van der Waals surface area contributed by atoms with Crippen LogP contribution in [-0.4, -0.2) is 38.2 Å². The number of carbonyl (C=O) groups excluding carboxylic acids is 2. The number of rotatable bonds is 7. The first-order chi connectivity index (χ1) is 13.6. The molecule has 0 aromatic heterocycles. The van der Waals surface area contributed by atoms with Crippen LogP contribution in [-0.2, 0) is 4.79 Å². The monoisotopic (exact) mass is 384 g/mol. The highest BCUT2D eigenvalue weighted by atomic mass is 16.5. The van der Waals surface area contributed by atoms with Gasteiger partial charge in [-0.25, -0.2) is 0 Å². The summed E-state index contributed by atoms with van der Waals surface area (Å²) in [5, 5.41) is 2.78. The molecule has 0 bridgehead atoms. The van der Waals surface area contributed by atoms with Gasteiger partial charge in [-0.1, -0.05) is 12.1 Å². The highest BCUT2D eigenvalue weighted by Gasteiger charge is 2.29. The summed E-state index contributed by atoms with van der Waals surface area (Å²) in [6.45, 7) is 6.79. The molecule has 148 valence electrons. The largest absolute Gasteiger partial charge is 0.490 e. The minimum absolute atomic E-state index is 0.0585. The molecule has 0 fully saturated rings. The number of para-hydroxylation sites is 2. The molecule has 7 nitrogen and oxygen atoms in total. The highest BCUT2D eigenvalue weighted by Crippen LogP contribution is 2.40. The van der Waals surface area contributed by atoms with E-state index in [9.17, 15) is 9.59 Å². The third kappa shape index (κ3) is 3.88. The third-order valence-electron chi connectivity index (χ3n) is 4.17. The van der Waals surface area contributed by atoms with Crippen molar-refractivity contribution in [2.45, 2.75) is 20.8 Å². The maximum atomic E-state index is 13.3. The first-order valence-corrected chi connectivity index (χ1v) is 9.36. The SMILES string of the molecule is CCOc1cc(C(=O)N2CC(=O)Nc3ccccc32)cc(OCC)c1OCC. The zero-order valence-electron chi connectivity index (χ0n) is 16.3. The Morgan fingerprint density at radius 2 is 1.61 bits per heavy atom. The molecule has 2 amide bonds. The van der Waals surface area contributed by atoms with Crippen molar-refractivity contribution in [2.75, 3.05) is 36.6 Å². The molecule has 2 aromatic carbocycles. The van der Waals surface area contributed by atoms with Crippen LogP contribution in [0.15, 0.2) is 36.4 Å². The molecular weight excluding hydrogens is 360 g/mol. The lowest BCUT2D eigenvalue weighted by Gasteiger charge is -2.29. The van der Waals surface area contributed by atoms with Gasteiger partial charge >= 0.3 is 0 Å². The van der Waals surface area contributed by atoms with Gasteiger partial charge in [-0.05, 0) is 45.0 Å². The summed E-state index contributed by atoms with van der Waals surface area (Å²) in [5.74, 6) is 0.793. The first kappa shape index (κ1) is 19.5. The van der Waals surface area contributed by atoms with Gasteiger partial charge in [0, 0.05) is 5.56 Å². The average molecular weight is 384 g/mol. The molecule has 1 aliphatic heterocycles. The second-order valence-corrected chi connectivity index (χ2v) is 6.06. The van der Waals surface area contributed by atoms with Gasteiger partial charge in [0.05, 0.1) is 31.2 Å². The van der Waals surface area contributed by atoms with Crippen LogP contribution in [0.4, 0.5) is 11.4 Å². The summed E-state index contributed by atoms with van der Waals surface area (Å²) in [6.07, 6.45) is 0. The molecule has 0 unspecified atom stereocenters. The number of ether oxygens (including phenoxy) is 3. The van der Waals surface area contributed by atoms with Gasteiger partial charge in [-0.15, -0.1) is 0 Å². The number of hydrogen-bond acceptors (Lipinski definition) is 5. The summed E-state index contributed by atoms with van der Waals surface area (Å²) in [7, 11) is 0. The van der Waals surface area contributed by atoms with Crippen molar-refractivity contribution in [1.29, 1.82) is 0 Å². The first-order valence-electron chi connectivity index (χ1n) is 9.36. The quantitative estimate of drug-likeness (QED) is 0.791. The fourth-order valence-corrected chi connectivity index (χ4v) is 3.08. The molecule has 1 heterocycles. The van der Waals surface area contributed by atoms with E-state index in [0.717, 1.165) is 0 Å². The smallest absolute Gasteiger partial charge is 0.259 e. The Labute approximate surface area is 164 Å². The summed E-state index contributed by atoms with van der Waals surface area (Å²) >= 11 is 0. The van der Waals surface area contributed by atoms with Crippen LogP contribution < -0.4 is 24.4 Å². The zero-order chi connectivity index (χ0) is 20.1. The van der Waals surface area contributed by atoms with E-state index in [1.54, 1.807) is 24.3 Å². The molecule has 0 radical (unpaired) electrons. The van der Waals surface area contributed by atoms with E-state index in [0.29, 0.717) is 54.0 Å². The number of hydrogen-bond donors (Lipinski definition) is 1. The Kier molecular flexibility index (Phi) is 6.03. The summed E-state index contributed by atoms with van der Waals surface area (Å²) < 4.78 is 17.1. The molecule has 3 rings (SSSR count). The summed E-state index contributed by atoms with van der Waals surface area (Å²) in [6, 6.07) is 10.5. The normalized spacial score (nSPS) is 12.8. The lowest BCUT2D eigenvalue weighted by molar-refractivity contribution is -0.115. The molecule has 0 saturated carbocycles. The van der Waals surface area contributed by atoms with Crippen LogP contribution in [0.2, 0.25) is 0 Å². The molecule has 28 heavy (non-hydrogen) atoms. The van der Waals surface area contributed by atoms with Crippen molar-refractivity contribution in [3.8, 4) is 17.2 Å². The molecular formula is C21H24N2O5. The Morgan fingerprint density at radius 1 is 1.00 bits per heavy atom. The van der Waals surface area contributed by atoms with Gasteiger partial charge in [0.15, 0.2) is 11.5 Å². The minimum Gasteiger partial charge on any atom is -0.490 e. The predicted molar refractivity (Wildman–Crippen MR) is 107 cm³/mol. The van der Waals surface area contributed by atoms with Crippen LogP contribution in [0.1, 0.15) is 31.1 Å². The number of carbonyl (C=O) groups is 2. The van der Waals surface area contributed by atoms with E-state index in [1.165, 1.54) is 4.90 Å². The van der Waals surface area contributed by atoms with E-state index in [-0.39, 0.29) is 18.4 Å². The van der Waals surface area contributed by atoms with E-state index in [4.69, 9.17) is 14.2 Å². The Bertz CT molecular complexity index is 854. The van der Waals surface area contributed by atoms with Gasteiger partial charge in [0.25, 0.3) is 5.91 Å². The standard InChI is InChI=1S/C21H24N2O5/c1-4-26-17-11-14(12-18(27-5-2)20(17)28-6-3)21(25)23-13-19(24)22-15-9-7-8-10-16(15)23/h7-12H,4-6,13H2,1-3H3,(H,22,24). The molecule has 1 aliphatic rings. The van der Waals surface area contributed by atoms with Crippen molar-refractivity contribution in [2.24, 2.45) is 0 Å². The lowest BCUT2D eigenvalue weighted by atomic mass is 10.1. The van der Waals surface area contributed by atoms with Crippen molar-refractivity contribution in [3.05, 3.63) is 42.0 Å². The topological polar surface area (TPSA) is 77.1 Å². The summed E-state index contributed by atoms with van der Waals surface area (Å²) in [5.41, 5.74) is 1.62. The van der Waals surface area contributed by atoms with E-state index >= 15 is 0 Å². The number of amides is 2. The van der Waals surface area contributed by atoms with Crippen LogP contribution in [0.25, 0.3) is 0 Å². The van der Waals surface area contributed by atoms with Gasteiger partial charge in [0.2, 0.25) is 11.7 Å². The van der Waals surface area contributed by atoms with E-state index in [2.05, 4.69) is 5.32 Å². The van der Waals surface area contributed by atoms with Crippen LogP contribution in [0.5, 0.6) is 17.2 Å². The second kappa shape index (κ2) is 8.65. The molecule has 0 atom stereocenters. The Hall–Kier alpha value is -3.22. The maximum absolute atomic E-state index is 13.3. The number of nitrogens with one attached hydrogen (secondary N) is 1. The van der Waals surface area contributed by atoms with Crippen molar-refractivity contribution < 1.29 is 23.8 Å². The number of fused-ring (bicyclic) bond motifs is 1. The van der Waals surface area contributed by atoms with Crippen LogP contribution >= 0.6 is 0 Å². The zero-order valence-corrected chi connectivity index (χ0v) is 16.3. The Balaban J connectivity index is 2.05. The second-order valence-electron chi connectivity index (χ2n) is 6.06. The van der Waals surface area contributed by atoms with E-state index in [1.807, 2.05) is 32.9 Å². The van der Waals surface area contributed by atoms with Gasteiger partial charge in [0.1, 0.15) is 6.54 Å². The van der Waals surface area contributed by atoms with Crippen LogP contribution in [0, 0.1) is 0 Å². The summed E-state index contributed by atoms with van der Waals surface area (Å²) in [4.78, 5) is 26.8. The lowest BCUT2D eigenvalue weighted by Crippen LogP contribution is -2.42. The Morgan fingerprint density at radius 3 is 2.21 bits per heavy atom. The van der Waals surface area contributed by atoms with Crippen molar-refractivity contribution in [1.82, 2.24) is 0 Å². The number of benzene rings is 2.